The second kappa shape index (κ2) is 6.21. The fourth-order valence-corrected chi connectivity index (χ4v) is 1.83. The summed E-state index contributed by atoms with van der Waals surface area (Å²) in [6.45, 7) is 1.84. The first-order valence-electron chi connectivity index (χ1n) is 6.27. The minimum absolute atomic E-state index is 0.0150. The Bertz CT molecular complexity index is 669. The standard InChI is InChI=1S/C15H15F2N3O/c1-9-6-13(17)14(7-12(9)16)19-8-10-2-4-11(5-3-10)15(18)20-21/h2-7,19,21H,8H2,1H3,(H2,18,20). The van der Waals surface area contributed by atoms with Gasteiger partial charge in [-0.1, -0.05) is 29.4 Å². The molecule has 0 radical (unpaired) electrons. The molecule has 6 heteroatoms. The van der Waals surface area contributed by atoms with E-state index >= 15 is 0 Å². The minimum atomic E-state index is -0.498. The van der Waals surface area contributed by atoms with Crippen LogP contribution in [0.4, 0.5) is 14.5 Å². The monoisotopic (exact) mass is 291 g/mol. The van der Waals surface area contributed by atoms with E-state index in [1.807, 2.05) is 0 Å². The van der Waals surface area contributed by atoms with Crippen molar-refractivity contribution in [2.45, 2.75) is 13.5 Å². The summed E-state index contributed by atoms with van der Waals surface area (Å²) in [5.41, 5.74) is 7.26. The van der Waals surface area contributed by atoms with Gasteiger partial charge in [0.15, 0.2) is 5.84 Å². The Morgan fingerprint density at radius 1 is 1.19 bits per heavy atom. The van der Waals surface area contributed by atoms with E-state index in [0.29, 0.717) is 12.1 Å². The van der Waals surface area contributed by atoms with Crippen LogP contribution in [0, 0.1) is 18.6 Å². The first kappa shape index (κ1) is 14.8. The highest BCUT2D eigenvalue weighted by molar-refractivity contribution is 5.96. The highest BCUT2D eigenvalue weighted by atomic mass is 19.1. The van der Waals surface area contributed by atoms with Crippen molar-refractivity contribution < 1.29 is 14.0 Å². The van der Waals surface area contributed by atoms with E-state index < -0.39 is 11.6 Å². The van der Waals surface area contributed by atoms with Crippen molar-refractivity contribution in [1.29, 1.82) is 0 Å². The molecule has 2 aromatic carbocycles. The average Bonchev–Trinajstić information content (AvgIpc) is 2.49. The summed E-state index contributed by atoms with van der Waals surface area (Å²) in [6.07, 6.45) is 0. The molecule has 0 unspecified atom stereocenters. The highest BCUT2D eigenvalue weighted by Gasteiger charge is 2.07. The van der Waals surface area contributed by atoms with Crippen molar-refractivity contribution in [2.75, 3.05) is 5.32 Å². The maximum atomic E-state index is 13.7. The Morgan fingerprint density at radius 3 is 2.48 bits per heavy atom. The molecule has 0 amide bonds. The minimum Gasteiger partial charge on any atom is -0.409 e. The van der Waals surface area contributed by atoms with E-state index in [2.05, 4.69) is 10.5 Å². The second-order valence-electron chi connectivity index (χ2n) is 4.62. The summed E-state index contributed by atoms with van der Waals surface area (Å²) in [4.78, 5) is 0. The smallest absolute Gasteiger partial charge is 0.170 e. The lowest BCUT2D eigenvalue weighted by Gasteiger charge is -2.09. The van der Waals surface area contributed by atoms with E-state index in [1.165, 1.54) is 6.92 Å². The molecule has 0 aliphatic carbocycles. The molecule has 0 bridgehead atoms. The number of benzene rings is 2. The topological polar surface area (TPSA) is 70.6 Å². The second-order valence-corrected chi connectivity index (χ2v) is 4.62. The van der Waals surface area contributed by atoms with Gasteiger partial charge < -0.3 is 16.3 Å². The number of hydrogen-bond donors (Lipinski definition) is 3. The van der Waals surface area contributed by atoms with Gasteiger partial charge in [-0.15, -0.1) is 0 Å². The van der Waals surface area contributed by atoms with Gasteiger partial charge in [0.2, 0.25) is 0 Å². The molecular formula is C15H15F2N3O. The van der Waals surface area contributed by atoms with E-state index in [1.54, 1.807) is 24.3 Å². The van der Waals surface area contributed by atoms with Crippen LogP contribution >= 0.6 is 0 Å². The van der Waals surface area contributed by atoms with Crippen LogP contribution in [0.1, 0.15) is 16.7 Å². The van der Waals surface area contributed by atoms with E-state index in [-0.39, 0.29) is 17.1 Å². The maximum absolute atomic E-state index is 13.7. The fraction of sp³-hybridized carbons (Fsp3) is 0.133. The lowest BCUT2D eigenvalue weighted by molar-refractivity contribution is 0.318. The number of nitrogens with two attached hydrogens (primary N) is 1. The van der Waals surface area contributed by atoms with Gasteiger partial charge in [-0.2, -0.15) is 0 Å². The Morgan fingerprint density at radius 2 is 1.86 bits per heavy atom. The van der Waals surface area contributed by atoms with Crippen LogP contribution in [-0.2, 0) is 6.54 Å². The molecule has 0 spiro atoms. The zero-order chi connectivity index (χ0) is 15.4. The largest absolute Gasteiger partial charge is 0.409 e. The number of hydrogen-bond acceptors (Lipinski definition) is 3. The Kier molecular flexibility index (Phi) is 4.37. The lowest BCUT2D eigenvalue weighted by atomic mass is 10.1. The number of nitrogens with one attached hydrogen (secondary N) is 1. The summed E-state index contributed by atoms with van der Waals surface area (Å²) in [7, 11) is 0. The lowest BCUT2D eigenvalue weighted by Crippen LogP contribution is -2.13. The van der Waals surface area contributed by atoms with Crippen molar-refractivity contribution in [3.63, 3.8) is 0 Å². The molecule has 21 heavy (non-hydrogen) atoms. The molecule has 0 saturated carbocycles. The normalized spacial score (nSPS) is 11.5. The van der Waals surface area contributed by atoms with Crippen molar-refractivity contribution in [2.24, 2.45) is 10.9 Å². The number of halogens is 2. The molecule has 0 aromatic heterocycles. The van der Waals surface area contributed by atoms with Gasteiger partial charge in [-0.3, -0.25) is 0 Å². The third-order valence-corrected chi connectivity index (χ3v) is 3.09. The average molecular weight is 291 g/mol. The number of aryl methyl sites for hydroxylation is 1. The molecule has 0 fully saturated rings. The van der Waals surface area contributed by atoms with Gasteiger partial charge in [0, 0.05) is 18.2 Å². The number of anilines is 1. The highest BCUT2D eigenvalue weighted by Crippen LogP contribution is 2.19. The Hall–Kier alpha value is -2.63. The first-order chi connectivity index (χ1) is 10.0. The van der Waals surface area contributed by atoms with E-state index in [0.717, 1.165) is 17.7 Å². The number of nitrogens with zero attached hydrogens (tertiary/aromatic N) is 1. The van der Waals surface area contributed by atoms with Gasteiger partial charge in [0.25, 0.3) is 0 Å². The van der Waals surface area contributed by atoms with Crippen molar-refractivity contribution in [3.05, 3.63) is 64.7 Å². The molecule has 2 aromatic rings. The zero-order valence-electron chi connectivity index (χ0n) is 11.4. The third kappa shape index (κ3) is 3.47. The quantitative estimate of drug-likeness (QED) is 0.351. The van der Waals surface area contributed by atoms with Crippen LogP contribution in [-0.4, -0.2) is 11.0 Å². The molecule has 0 atom stereocenters. The molecule has 0 aliphatic rings. The molecule has 0 saturated heterocycles. The van der Waals surface area contributed by atoms with Crippen molar-refractivity contribution in [1.82, 2.24) is 0 Å². The fourth-order valence-electron chi connectivity index (χ4n) is 1.83. The third-order valence-electron chi connectivity index (χ3n) is 3.09. The predicted octanol–water partition coefficient (Wildman–Crippen LogP) is 2.98. The molecule has 110 valence electrons. The molecule has 0 heterocycles. The van der Waals surface area contributed by atoms with Gasteiger partial charge in [-0.25, -0.2) is 8.78 Å². The van der Waals surface area contributed by atoms with Gasteiger partial charge in [0.05, 0.1) is 5.69 Å². The summed E-state index contributed by atoms with van der Waals surface area (Å²) in [5, 5.41) is 14.3. The predicted molar refractivity (Wildman–Crippen MR) is 77.4 cm³/mol. The van der Waals surface area contributed by atoms with Gasteiger partial charge in [-0.05, 0) is 24.1 Å². The molecule has 4 nitrogen and oxygen atoms in total. The summed E-state index contributed by atoms with van der Waals surface area (Å²) >= 11 is 0. The van der Waals surface area contributed by atoms with E-state index in [4.69, 9.17) is 10.9 Å². The maximum Gasteiger partial charge on any atom is 0.170 e. The van der Waals surface area contributed by atoms with Crippen LogP contribution in [0.25, 0.3) is 0 Å². The van der Waals surface area contributed by atoms with Crippen LogP contribution < -0.4 is 11.1 Å². The Balaban J connectivity index is 2.08. The SMILES string of the molecule is Cc1cc(F)c(NCc2ccc(/C(N)=N/O)cc2)cc1F. The van der Waals surface area contributed by atoms with Gasteiger partial charge >= 0.3 is 0 Å². The number of oxime groups is 1. The van der Waals surface area contributed by atoms with Crippen LogP contribution in [0.3, 0.4) is 0 Å². The molecule has 2 rings (SSSR count). The van der Waals surface area contributed by atoms with Crippen molar-refractivity contribution in [3.8, 4) is 0 Å². The molecule has 4 N–H and O–H groups in total. The van der Waals surface area contributed by atoms with Crippen molar-refractivity contribution >= 4 is 11.5 Å². The number of amidine groups is 1. The summed E-state index contributed by atoms with van der Waals surface area (Å²) in [6, 6.07) is 9.15. The zero-order valence-corrected chi connectivity index (χ0v) is 11.4. The summed E-state index contributed by atoms with van der Waals surface area (Å²) < 4.78 is 27.1. The first-order valence-corrected chi connectivity index (χ1v) is 6.27. The molecule has 0 aliphatic heterocycles. The summed E-state index contributed by atoms with van der Waals surface area (Å²) in [5.74, 6) is -0.940. The number of rotatable bonds is 4. The molecular weight excluding hydrogens is 276 g/mol. The van der Waals surface area contributed by atoms with Crippen LogP contribution in [0.2, 0.25) is 0 Å². The van der Waals surface area contributed by atoms with Crippen LogP contribution in [0.5, 0.6) is 0 Å². The van der Waals surface area contributed by atoms with Gasteiger partial charge in [0.1, 0.15) is 11.6 Å². The van der Waals surface area contributed by atoms with Crippen LogP contribution in [0.15, 0.2) is 41.6 Å². The van der Waals surface area contributed by atoms with E-state index in [9.17, 15) is 8.78 Å². The Labute approximate surface area is 120 Å².